The Morgan fingerprint density at radius 1 is 1.03 bits per heavy atom. The van der Waals surface area contributed by atoms with Crippen LogP contribution in [-0.4, -0.2) is 43.6 Å². The van der Waals surface area contributed by atoms with Crippen LogP contribution >= 0.6 is 0 Å². The fraction of sp³-hybridized carbons (Fsp3) is 0.565. The molecule has 0 aliphatic heterocycles. The Morgan fingerprint density at radius 3 is 2.17 bits per heavy atom. The average molecular weight is 419 g/mol. The van der Waals surface area contributed by atoms with E-state index in [2.05, 4.69) is 0 Å². The van der Waals surface area contributed by atoms with Crippen molar-refractivity contribution < 1.29 is 19.0 Å². The van der Waals surface area contributed by atoms with Crippen LogP contribution in [0.2, 0.25) is 0 Å². The van der Waals surface area contributed by atoms with Crippen molar-refractivity contribution in [3.05, 3.63) is 34.6 Å². The van der Waals surface area contributed by atoms with Gasteiger partial charge in [-0.25, -0.2) is 4.79 Å². The van der Waals surface area contributed by atoms with Gasteiger partial charge in [0.2, 0.25) is 0 Å². The Kier molecular flexibility index (Phi) is 7.18. The molecule has 0 aliphatic rings. The van der Waals surface area contributed by atoms with Crippen LogP contribution in [-0.2, 0) is 16.0 Å². The van der Waals surface area contributed by atoms with Gasteiger partial charge >= 0.3 is 6.09 Å². The van der Waals surface area contributed by atoms with Crippen LogP contribution in [0.15, 0.2) is 29.1 Å². The summed E-state index contributed by atoms with van der Waals surface area (Å²) >= 11 is 0. The van der Waals surface area contributed by atoms with Crippen LogP contribution in [0.3, 0.4) is 0 Å². The van der Waals surface area contributed by atoms with Crippen molar-refractivity contribution in [3.63, 3.8) is 0 Å². The number of ether oxygens (including phenoxy) is 3. The second-order valence-corrected chi connectivity index (χ2v) is 9.53. The second kappa shape index (κ2) is 9.08. The molecule has 166 valence electrons. The van der Waals surface area contributed by atoms with Crippen molar-refractivity contribution in [2.75, 3.05) is 32.3 Å². The van der Waals surface area contributed by atoms with E-state index >= 15 is 0 Å². The first-order valence-corrected chi connectivity index (χ1v) is 10.1. The standard InChI is InChI=1S/C23H34N2O5/c1-22(2,3)15-25-19(24(7)21(27)30-23(4,5)6)18(29-14-13-28-8)16-11-9-10-12-17(16)20(25)26/h9-12H,13-15H2,1-8H3. The van der Waals surface area contributed by atoms with Crippen molar-refractivity contribution in [2.45, 2.75) is 53.7 Å². The van der Waals surface area contributed by atoms with Crippen LogP contribution in [0, 0.1) is 5.41 Å². The third-order valence-corrected chi connectivity index (χ3v) is 4.26. The summed E-state index contributed by atoms with van der Waals surface area (Å²) in [6.07, 6.45) is -0.559. The molecule has 1 amide bonds. The number of methoxy groups -OCH3 is 1. The summed E-state index contributed by atoms with van der Waals surface area (Å²) in [5.41, 5.74) is -1.06. The van der Waals surface area contributed by atoms with Gasteiger partial charge in [-0.15, -0.1) is 0 Å². The highest BCUT2D eigenvalue weighted by Gasteiger charge is 2.29. The van der Waals surface area contributed by atoms with Crippen LogP contribution in [0.5, 0.6) is 5.75 Å². The molecule has 0 radical (unpaired) electrons. The zero-order chi connectivity index (χ0) is 22.7. The number of hydrogen-bond acceptors (Lipinski definition) is 5. The van der Waals surface area contributed by atoms with Crippen molar-refractivity contribution >= 4 is 22.7 Å². The Hall–Kier alpha value is -2.54. The maximum atomic E-state index is 13.4. The molecule has 2 rings (SSSR count). The maximum absolute atomic E-state index is 13.4. The Labute approximate surface area is 178 Å². The molecule has 0 bridgehead atoms. The molecule has 7 nitrogen and oxygen atoms in total. The Bertz CT molecular complexity index is 951. The summed E-state index contributed by atoms with van der Waals surface area (Å²) in [5, 5.41) is 1.18. The van der Waals surface area contributed by atoms with Gasteiger partial charge in [-0.1, -0.05) is 39.0 Å². The maximum Gasteiger partial charge on any atom is 0.415 e. The molecular formula is C23H34N2O5. The highest BCUT2D eigenvalue weighted by molar-refractivity contribution is 5.97. The van der Waals surface area contributed by atoms with E-state index in [1.807, 2.05) is 39.0 Å². The van der Waals surface area contributed by atoms with Gasteiger partial charge in [-0.2, -0.15) is 0 Å². The topological polar surface area (TPSA) is 70.0 Å². The molecular weight excluding hydrogens is 384 g/mol. The molecule has 0 aliphatic carbocycles. The van der Waals surface area contributed by atoms with Gasteiger partial charge in [0.25, 0.3) is 5.56 Å². The number of aromatic nitrogens is 1. The highest BCUT2D eigenvalue weighted by Crippen LogP contribution is 2.36. The fourth-order valence-corrected chi connectivity index (χ4v) is 3.09. The number of anilines is 1. The van der Waals surface area contributed by atoms with Gasteiger partial charge < -0.3 is 14.2 Å². The number of pyridine rings is 1. The number of benzene rings is 1. The normalized spacial score (nSPS) is 12.1. The summed E-state index contributed by atoms with van der Waals surface area (Å²) in [7, 11) is 3.19. The Balaban J connectivity index is 2.79. The minimum atomic E-state index is -0.672. The van der Waals surface area contributed by atoms with E-state index in [4.69, 9.17) is 14.2 Å². The first kappa shape index (κ1) is 23.7. The molecule has 0 unspecified atom stereocenters. The lowest BCUT2D eigenvalue weighted by molar-refractivity contribution is 0.0584. The van der Waals surface area contributed by atoms with Gasteiger partial charge in [-0.05, 0) is 32.3 Å². The SMILES string of the molecule is COCCOc1c(N(C)C(=O)OC(C)(C)C)n(CC(C)(C)C)c(=O)c2ccccc12. The molecule has 7 heteroatoms. The predicted octanol–water partition coefficient (Wildman–Crippen LogP) is 4.44. The zero-order valence-electron chi connectivity index (χ0n) is 19.4. The lowest BCUT2D eigenvalue weighted by Gasteiger charge is -2.30. The molecule has 0 atom stereocenters. The van der Waals surface area contributed by atoms with Crippen LogP contribution < -0.4 is 15.2 Å². The van der Waals surface area contributed by atoms with Gasteiger partial charge in [0.15, 0.2) is 11.6 Å². The number of fused-ring (bicyclic) bond motifs is 1. The van der Waals surface area contributed by atoms with Gasteiger partial charge in [0.05, 0.1) is 12.0 Å². The number of rotatable bonds is 6. The summed E-state index contributed by atoms with van der Waals surface area (Å²) < 4.78 is 18.4. The van der Waals surface area contributed by atoms with Crippen molar-refractivity contribution in [1.82, 2.24) is 4.57 Å². The van der Waals surface area contributed by atoms with E-state index in [0.717, 1.165) is 0 Å². The fourth-order valence-electron chi connectivity index (χ4n) is 3.09. The van der Waals surface area contributed by atoms with Gasteiger partial charge in [0, 0.05) is 26.1 Å². The van der Waals surface area contributed by atoms with Crippen LogP contribution in [0.4, 0.5) is 10.6 Å². The average Bonchev–Trinajstić information content (AvgIpc) is 2.62. The molecule has 0 saturated carbocycles. The molecule has 0 saturated heterocycles. The van der Waals surface area contributed by atoms with E-state index in [9.17, 15) is 9.59 Å². The van der Waals surface area contributed by atoms with Crippen LogP contribution in [0.1, 0.15) is 41.5 Å². The van der Waals surface area contributed by atoms with Crippen molar-refractivity contribution in [3.8, 4) is 5.75 Å². The monoisotopic (exact) mass is 418 g/mol. The van der Waals surface area contributed by atoms with Crippen LogP contribution in [0.25, 0.3) is 10.8 Å². The quantitative estimate of drug-likeness (QED) is 0.649. The smallest absolute Gasteiger partial charge is 0.415 e. The first-order valence-electron chi connectivity index (χ1n) is 10.1. The first-order chi connectivity index (χ1) is 13.9. The minimum absolute atomic E-state index is 0.176. The lowest BCUT2D eigenvalue weighted by Crippen LogP contribution is -2.39. The Morgan fingerprint density at radius 2 is 1.63 bits per heavy atom. The molecule has 0 N–H and O–H groups in total. The van der Waals surface area contributed by atoms with Gasteiger partial charge in [0.1, 0.15) is 12.2 Å². The highest BCUT2D eigenvalue weighted by atomic mass is 16.6. The summed E-state index contributed by atoms with van der Waals surface area (Å²) in [6.45, 7) is 12.6. The molecule has 0 spiro atoms. The zero-order valence-corrected chi connectivity index (χ0v) is 19.4. The van der Waals surface area contributed by atoms with E-state index in [-0.39, 0.29) is 17.6 Å². The summed E-state index contributed by atoms with van der Waals surface area (Å²) in [5.74, 6) is 0.832. The molecule has 30 heavy (non-hydrogen) atoms. The molecule has 1 aromatic heterocycles. The number of hydrogen-bond donors (Lipinski definition) is 0. The number of carbonyl (C=O) groups excluding carboxylic acids is 1. The third-order valence-electron chi connectivity index (χ3n) is 4.26. The minimum Gasteiger partial charge on any atom is -0.487 e. The molecule has 1 aromatic carbocycles. The van der Waals surface area contributed by atoms with E-state index < -0.39 is 11.7 Å². The van der Waals surface area contributed by atoms with E-state index in [1.165, 1.54) is 4.90 Å². The summed E-state index contributed by atoms with van der Waals surface area (Å²) in [4.78, 5) is 27.7. The van der Waals surface area contributed by atoms with Crippen molar-refractivity contribution in [2.24, 2.45) is 5.41 Å². The number of nitrogens with zero attached hydrogens (tertiary/aromatic N) is 2. The number of amides is 1. The number of carbonyl (C=O) groups is 1. The van der Waals surface area contributed by atoms with Crippen molar-refractivity contribution in [1.29, 1.82) is 0 Å². The third kappa shape index (κ3) is 5.75. The van der Waals surface area contributed by atoms with E-state index in [1.54, 1.807) is 45.6 Å². The lowest BCUT2D eigenvalue weighted by atomic mass is 9.96. The summed E-state index contributed by atoms with van der Waals surface area (Å²) in [6, 6.07) is 7.27. The molecule has 0 fully saturated rings. The van der Waals surface area contributed by atoms with Gasteiger partial charge in [-0.3, -0.25) is 14.3 Å². The molecule has 1 heterocycles. The van der Waals surface area contributed by atoms with E-state index in [0.29, 0.717) is 35.5 Å². The second-order valence-electron chi connectivity index (χ2n) is 9.53. The predicted molar refractivity (Wildman–Crippen MR) is 120 cm³/mol. The largest absolute Gasteiger partial charge is 0.487 e. The molecule has 2 aromatic rings.